The second kappa shape index (κ2) is 3.94. The molecule has 1 aromatic rings. The predicted molar refractivity (Wildman–Crippen MR) is 45.6 cm³/mol. The lowest BCUT2D eigenvalue weighted by Crippen LogP contribution is -1.86. The molecule has 1 aromatic carbocycles. The molecule has 11 heavy (non-hydrogen) atoms. The molecule has 0 bridgehead atoms. The third-order valence-corrected chi connectivity index (χ3v) is 1.65. The summed E-state index contributed by atoms with van der Waals surface area (Å²) in [4.78, 5) is 0. The van der Waals surface area contributed by atoms with Gasteiger partial charge in [-0.1, -0.05) is 36.4 Å². The van der Waals surface area contributed by atoms with Gasteiger partial charge in [0.15, 0.2) is 0 Å². The summed E-state index contributed by atoms with van der Waals surface area (Å²) in [6, 6.07) is 9.73. The molecule has 0 aromatic heterocycles. The second-order valence-electron chi connectivity index (χ2n) is 2.32. The largest absolute Gasteiger partial charge is 0.232 e. The second-order valence-corrected chi connectivity index (χ2v) is 2.32. The normalized spacial score (nSPS) is 11.6. The smallest absolute Gasteiger partial charge is 0.108 e. The molecule has 0 atom stereocenters. The molecular weight excluding hydrogens is 136 g/mol. The number of hydrogen-bond acceptors (Lipinski definition) is 0. The minimum Gasteiger partial charge on any atom is -0.232 e. The number of allylic oxidation sites excluding steroid dienone is 1. The van der Waals surface area contributed by atoms with Gasteiger partial charge in [0.25, 0.3) is 0 Å². The van der Waals surface area contributed by atoms with Crippen molar-refractivity contribution in [3.8, 4) is 0 Å². The Hall–Kier alpha value is -1.08. The maximum absolute atomic E-state index is 10.6. The molecule has 0 spiro atoms. The Kier molecular flexibility index (Phi) is 2.87. The van der Waals surface area contributed by atoms with Crippen LogP contribution >= 0.6 is 0 Å². The number of hydrogen-bond donors (Lipinski definition) is 0. The van der Waals surface area contributed by atoms with Gasteiger partial charge in [-0.2, -0.15) is 0 Å². The van der Waals surface area contributed by atoms with E-state index in [1.165, 1.54) is 0 Å². The Morgan fingerprint density at radius 1 is 1.36 bits per heavy atom. The lowest BCUT2D eigenvalue weighted by atomic mass is 10.1. The zero-order valence-corrected chi connectivity index (χ0v) is 6.58. The van der Waals surface area contributed by atoms with Gasteiger partial charge < -0.3 is 0 Å². The molecule has 57 valence electrons. The van der Waals surface area contributed by atoms with Crippen molar-refractivity contribution in [2.24, 2.45) is 0 Å². The van der Waals surface area contributed by atoms with Crippen LogP contribution in [0.1, 0.15) is 12.5 Å². The van der Waals surface area contributed by atoms with Crippen LogP contribution < -0.4 is 0 Å². The monoisotopic (exact) mass is 147 g/mol. The van der Waals surface area contributed by atoms with Crippen molar-refractivity contribution in [1.82, 2.24) is 0 Å². The van der Waals surface area contributed by atoms with Gasteiger partial charge in [0, 0.05) is 0 Å². The molecule has 0 N–H and O–H groups in total. The van der Waals surface area contributed by atoms with E-state index >= 15 is 0 Å². The number of rotatable bonds is 2. The van der Waals surface area contributed by atoms with E-state index in [2.05, 4.69) is 0 Å². The van der Waals surface area contributed by atoms with Gasteiger partial charge in [-0.05, 0) is 18.1 Å². The molecule has 0 aliphatic rings. The zero-order chi connectivity index (χ0) is 8.10. The van der Waals surface area contributed by atoms with Gasteiger partial charge in [-0.25, -0.2) is 5.11 Å². The minimum absolute atomic E-state index is 0.138. The van der Waals surface area contributed by atoms with Gasteiger partial charge in [-0.15, -0.1) is 0 Å². The predicted octanol–water partition coefficient (Wildman–Crippen LogP) is 2.52. The molecule has 0 aliphatic heterocycles. The van der Waals surface area contributed by atoms with E-state index in [9.17, 15) is 5.11 Å². The third-order valence-electron chi connectivity index (χ3n) is 1.65. The Morgan fingerprint density at radius 3 is 2.45 bits per heavy atom. The van der Waals surface area contributed by atoms with E-state index in [0.717, 1.165) is 11.1 Å². The average Bonchev–Trinajstić information content (AvgIpc) is 2.09. The van der Waals surface area contributed by atoms with E-state index in [1.54, 1.807) is 0 Å². The SMILES string of the molecule is CC=C(C[O])c1ccccc1. The van der Waals surface area contributed by atoms with E-state index < -0.39 is 0 Å². The minimum atomic E-state index is -0.138. The fraction of sp³-hybridized carbons (Fsp3) is 0.200. The van der Waals surface area contributed by atoms with Crippen LogP contribution in [0.4, 0.5) is 0 Å². The highest BCUT2D eigenvalue weighted by Crippen LogP contribution is 2.12. The first-order valence-corrected chi connectivity index (χ1v) is 3.67. The average molecular weight is 147 g/mol. The topological polar surface area (TPSA) is 19.9 Å². The summed E-state index contributed by atoms with van der Waals surface area (Å²) in [5.41, 5.74) is 1.90. The fourth-order valence-corrected chi connectivity index (χ4v) is 0.986. The lowest BCUT2D eigenvalue weighted by Gasteiger charge is -2.00. The van der Waals surface area contributed by atoms with Crippen molar-refractivity contribution in [2.75, 3.05) is 6.61 Å². The first-order valence-electron chi connectivity index (χ1n) is 3.67. The summed E-state index contributed by atoms with van der Waals surface area (Å²) in [6.45, 7) is 1.75. The third kappa shape index (κ3) is 1.92. The fourth-order valence-electron chi connectivity index (χ4n) is 0.986. The van der Waals surface area contributed by atoms with Gasteiger partial charge in [0.05, 0.1) is 0 Å². The maximum atomic E-state index is 10.6. The van der Waals surface area contributed by atoms with Crippen LogP contribution in [0.15, 0.2) is 36.4 Å². The van der Waals surface area contributed by atoms with Crippen molar-refractivity contribution in [2.45, 2.75) is 6.92 Å². The van der Waals surface area contributed by atoms with Crippen molar-refractivity contribution in [1.29, 1.82) is 0 Å². The quantitative estimate of drug-likeness (QED) is 0.612. The molecule has 1 radical (unpaired) electrons. The van der Waals surface area contributed by atoms with Crippen molar-refractivity contribution in [3.63, 3.8) is 0 Å². The zero-order valence-electron chi connectivity index (χ0n) is 6.58. The van der Waals surface area contributed by atoms with Gasteiger partial charge >= 0.3 is 0 Å². The Bertz CT molecular complexity index is 236. The van der Waals surface area contributed by atoms with Crippen LogP contribution in [0.2, 0.25) is 0 Å². The first kappa shape index (κ1) is 8.02. The molecule has 0 fully saturated rings. The Labute approximate surface area is 67.0 Å². The number of benzene rings is 1. The van der Waals surface area contributed by atoms with Gasteiger partial charge in [-0.3, -0.25) is 0 Å². The Morgan fingerprint density at radius 2 is 2.00 bits per heavy atom. The van der Waals surface area contributed by atoms with Gasteiger partial charge in [0.2, 0.25) is 0 Å². The van der Waals surface area contributed by atoms with E-state index in [0.29, 0.717) is 0 Å². The summed E-state index contributed by atoms with van der Waals surface area (Å²) in [5, 5.41) is 10.6. The molecule has 0 amide bonds. The highest BCUT2D eigenvalue weighted by atomic mass is 16.3. The molecule has 0 aliphatic carbocycles. The Balaban J connectivity index is 2.92. The molecule has 1 nitrogen and oxygen atoms in total. The molecule has 1 heteroatoms. The van der Waals surface area contributed by atoms with Crippen LogP contribution in [0, 0.1) is 0 Å². The van der Waals surface area contributed by atoms with Gasteiger partial charge in [0.1, 0.15) is 6.61 Å². The molecule has 0 saturated heterocycles. The maximum Gasteiger partial charge on any atom is 0.108 e. The summed E-state index contributed by atoms with van der Waals surface area (Å²) >= 11 is 0. The van der Waals surface area contributed by atoms with Crippen molar-refractivity contribution < 1.29 is 5.11 Å². The molecule has 0 saturated carbocycles. The van der Waals surface area contributed by atoms with Crippen molar-refractivity contribution >= 4 is 5.57 Å². The van der Waals surface area contributed by atoms with E-state index in [4.69, 9.17) is 0 Å². The summed E-state index contributed by atoms with van der Waals surface area (Å²) < 4.78 is 0. The summed E-state index contributed by atoms with van der Waals surface area (Å²) in [5.74, 6) is 0. The molecule has 1 rings (SSSR count). The van der Waals surface area contributed by atoms with Crippen molar-refractivity contribution in [3.05, 3.63) is 42.0 Å². The van der Waals surface area contributed by atoms with Crippen LogP contribution in [0.25, 0.3) is 5.57 Å². The highest BCUT2D eigenvalue weighted by Gasteiger charge is 1.96. The highest BCUT2D eigenvalue weighted by molar-refractivity contribution is 5.65. The van der Waals surface area contributed by atoms with Crippen LogP contribution in [-0.2, 0) is 5.11 Å². The summed E-state index contributed by atoms with van der Waals surface area (Å²) in [6.07, 6.45) is 1.86. The first-order chi connectivity index (χ1) is 5.38. The van der Waals surface area contributed by atoms with Crippen LogP contribution in [0.3, 0.4) is 0 Å². The standard InChI is InChI=1S/C10H11O/c1-2-9(8-11)10-6-4-3-5-7-10/h2-7H,8H2,1H3. The molecular formula is C10H11O. The van der Waals surface area contributed by atoms with Crippen LogP contribution in [-0.4, -0.2) is 6.61 Å². The summed E-state index contributed by atoms with van der Waals surface area (Å²) in [7, 11) is 0. The van der Waals surface area contributed by atoms with E-state index in [1.807, 2.05) is 43.3 Å². The van der Waals surface area contributed by atoms with E-state index in [-0.39, 0.29) is 6.61 Å². The van der Waals surface area contributed by atoms with Crippen LogP contribution in [0.5, 0.6) is 0 Å². The molecule has 0 heterocycles. The lowest BCUT2D eigenvalue weighted by molar-refractivity contribution is 0.239. The molecule has 0 unspecified atom stereocenters.